The van der Waals surface area contributed by atoms with Crippen LogP contribution in [0.15, 0.2) is 23.7 Å². The number of nitrogens with two attached hydrogens (primary N) is 2. The standard InChI is InChI=1S/C24H33N5O2/c1-14-11-17(12-15(2)18(14)7-8-21(25)30)16(3)27-23(31-26)22-19-9-10-24(4,5)13-20(19)29(6)28-22/h11-12H,3,7-10,13,26H2,1-2,4-6H3,(H2,25,30). The highest BCUT2D eigenvalue weighted by Crippen LogP contribution is 2.36. The lowest BCUT2D eigenvalue weighted by Crippen LogP contribution is -2.24. The lowest BCUT2D eigenvalue weighted by atomic mass is 9.76. The van der Waals surface area contributed by atoms with Crippen LogP contribution in [0.3, 0.4) is 0 Å². The summed E-state index contributed by atoms with van der Waals surface area (Å²) >= 11 is 0. The van der Waals surface area contributed by atoms with Crippen molar-refractivity contribution in [1.82, 2.24) is 9.78 Å². The third-order valence-electron chi connectivity index (χ3n) is 6.17. The van der Waals surface area contributed by atoms with Gasteiger partial charge >= 0.3 is 0 Å². The second kappa shape index (κ2) is 8.67. The van der Waals surface area contributed by atoms with Crippen molar-refractivity contribution in [2.75, 3.05) is 0 Å². The summed E-state index contributed by atoms with van der Waals surface area (Å²) in [7, 11) is 1.95. The highest BCUT2D eigenvalue weighted by atomic mass is 16.6. The van der Waals surface area contributed by atoms with Crippen molar-refractivity contribution in [3.05, 3.63) is 57.9 Å². The Morgan fingerprint density at radius 3 is 2.55 bits per heavy atom. The molecule has 3 rings (SSSR count). The van der Waals surface area contributed by atoms with Gasteiger partial charge in [0.25, 0.3) is 5.90 Å². The number of benzene rings is 1. The average molecular weight is 424 g/mol. The van der Waals surface area contributed by atoms with Crippen molar-refractivity contribution in [3.63, 3.8) is 0 Å². The van der Waals surface area contributed by atoms with Crippen LogP contribution >= 0.6 is 0 Å². The Hall–Kier alpha value is -2.93. The fraction of sp³-hybridized carbons (Fsp3) is 0.458. The molecule has 4 N–H and O–H groups in total. The molecule has 0 fully saturated rings. The van der Waals surface area contributed by atoms with E-state index in [1.54, 1.807) is 0 Å². The molecule has 166 valence electrons. The van der Waals surface area contributed by atoms with Crippen LogP contribution in [0.5, 0.6) is 0 Å². The molecule has 1 amide bonds. The monoisotopic (exact) mass is 423 g/mol. The normalized spacial score (nSPS) is 15.5. The number of aliphatic imine (C=N–C) groups is 1. The number of carbonyl (C=O) groups excluding carboxylic acids is 1. The smallest absolute Gasteiger partial charge is 0.266 e. The van der Waals surface area contributed by atoms with Crippen LogP contribution in [0.2, 0.25) is 0 Å². The molecule has 31 heavy (non-hydrogen) atoms. The molecule has 0 radical (unpaired) electrons. The molecule has 1 aliphatic carbocycles. The third kappa shape index (κ3) is 4.88. The van der Waals surface area contributed by atoms with Crippen LogP contribution in [0.4, 0.5) is 0 Å². The average Bonchev–Trinajstić information content (AvgIpc) is 2.99. The van der Waals surface area contributed by atoms with Gasteiger partial charge in [-0.3, -0.25) is 9.48 Å². The van der Waals surface area contributed by atoms with Crippen LogP contribution in [0, 0.1) is 19.3 Å². The van der Waals surface area contributed by atoms with E-state index in [-0.39, 0.29) is 17.2 Å². The number of amides is 1. The zero-order chi connectivity index (χ0) is 22.9. The largest absolute Gasteiger partial charge is 0.389 e. The summed E-state index contributed by atoms with van der Waals surface area (Å²) in [5.41, 5.74) is 13.3. The summed E-state index contributed by atoms with van der Waals surface area (Å²) in [5, 5.41) is 4.66. The summed E-state index contributed by atoms with van der Waals surface area (Å²) < 4.78 is 1.91. The number of hydrogen-bond acceptors (Lipinski definition) is 5. The minimum atomic E-state index is -0.302. The van der Waals surface area contributed by atoms with E-state index in [4.69, 9.17) is 16.5 Å². The first-order valence-corrected chi connectivity index (χ1v) is 10.6. The summed E-state index contributed by atoms with van der Waals surface area (Å²) in [6.45, 7) is 12.7. The zero-order valence-electron chi connectivity index (χ0n) is 19.2. The Kier molecular flexibility index (Phi) is 6.36. The molecule has 1 aromatic heterocycles. The van der Waals surface area contributed by atoms with Crippen LogP contribution in [0.1, 0.15) is 65.9 Å². The van der Waals surface area contributed by atoms with Crippen molar-refractivity contribution in [3.8, 4) is 0 Å². The number of aryl methyl sites for hydroxylation is 3. The maximum atomic E-state index is 11.2. The highest BCUT2D eigenvalue weighted by molar-refractivity contribution is 5.97. The quantitative estimate of drug-likeness (QED) is 0.422. The van der Waals surface area contributed by atoms with Gasteiger partial charge in [0.05, 0.1) is 5.70 Å². The molecular weight excluding hydrogens is 390 g/mol. The van der Waals surface area contributed by atoms with E-state index in [0.29, 0.717) is 24.2 Å². The van der Waals surface area contributed by atoms with E-state index in [2.05, 4.69) is 30.5 Å². The molecule has 1 heterocycles. The molecule has 1 aromatic carbocycles. The van der Waals surface area contributed by atoms with Crippen LogP contribution in [0.25, 0.3) is 5.70 Å². The van der Waals surface area contributed by atoms with Gasteiger partial charge in [0, 0.05) is 30.3 Å². The van der Waals surface area contributed by atoms with Crippen LogP contribution < -0.4 is 11.6 Å². The molecule has 0 spiro atoms. The zero-order valence-corrected chi connectivity index (χ0v) is 19.2. The number of primary amides is 1. The van der Waals surface area contributed by atoms with Crippen molar-refractivity contribution in [1.29, 1.82) is 0 Å². The fourth-order valence-electron chi connectivity index (χ4n) is 4.39. The number of aromatic nitrogens is 2. The number of hydrogen-bond donors (Lipinski definition) is 2. The third-order valence-corrected chi connectivity index (χ3v) is 6.17. The van der Waals surface area contributed by atoms with E-state index >= 15 is 0 Å². The maximum Gasteiger partial charge on any atom is 0.266 e. The molecule has 0 unspecified atom stereocenters. The Labute approximate surface area is 184 Å². The molecule has 2 aromatic rings. The number of carbonyl (C=O) groups is 1. The summed E-state index contributed by atoms with van der Waals surface area (Å²) in [4.78, 5) is 20.9. The molecule has 1 aliphatic rings. The maximum absolute atomic E-state index is 11.2. The molecule has 0 atom stereocenters. The van der Waals surface area contributed by atoms with Crippen molar-refractivity contribution in [2.24, 2.45) is 29.1 Å². The van der Waals surface area contributed by atoms with Gasteiger partial charge < -0.3 is 10.6 Å². The lowest BCUT2D eigenvalue weighted by Gasteiger charge is -2.29. The lowest BCUT2D eigenvalue weighted by molar-refractivity contribution is -0.117. The fourth-order valence-corrected chi connectivity index (χ4v) is 4.39. The summed E-state index contributed by atoms with van der Waals surface area (Å²) in [6.07, 6.45) is 3.88. The Morgan fingerprint density at radius 1 is 1.32 bits per heavy atom. The summed E-state index contributed by atoms with van der Waals surface area (Å²) in [6, 6.07) is 4.03. The molecule has 0 saturated carbocycles. The molecule has 0 aliphatic heterocycles. The predicted molar refractivity (Wildman–Crippen MR) is 123 cm³/mol. The van der Waals surface area contributed by atoms with E-state index in [1.165, 1.54) is 5.69 Å². The van der Waals surface area contributed by atoms with E-state index in [1.807, 2.05) is 37.7 Å². The first kappa shape index (κ1) is 22.7. The second-order valence-corrected chi connectivity index (χ2v) is 9.27. The first-order chi connectivity index (χ1) is 14.5. The van der Waals surface area contributed by atoms with Crippen LogP contribution in [-0.4, -0.2) is 21.6 Å². The van der Waals surface area contributed by atoms with Gasteiger partial charge in [-0.05, 0) is 73.8 Å². The number of fused-ring (bicyclic) bond motifs is 1. The highest BCUT2D eigenvalue weighted by Gasteiger charge is 2.32. The molecule has 7 heteroatoms. The van der Waals surface area contributed by atoms with Gasteiger partial charge in [0.1, 0.15) is 0 Å². The van der Waals surface area contributed by atoms with Gasteiger partial charge in [-0.15, -0.1) is 0 Å². The summed E-state index contributed by atoms with van der Waals surface area (Å²) in [5.74, 6) is 5.58. The Bertz CT molecular complexity index is 1040. The predicted octanol–water partition coefficient (Wildman–Crippen LogP) is 3.28. The van der Waals surface area contributed by atoms with Crippen molar-refractivity contribution in [2.45, 2.75) is 59.8 Å². The molecular formula is C24H33N5O2. The molecule has 7 nitrogen and oxygen atoms in total. The molecule has 0 saturated heterocycles. The minimum Gasteiger partial charge on any atom is -0.389 e. The SMILES string of the molecule is C=C(N=C(ON)c1nn(C)c2c1CCC(C)(C)C2)c1cc(C)c(CCC(N)=O)c(C)c1. The second-order valence-electron chi connectivity index (χ2n) is 9.27. The van der Waals surface area contributed by atoms with Gasteiger partial charge in [-0.2, -0.15) is 11.0 Å². The Morgan fingerprint density at radius 2 is 1.97 bits per heavy atom. The number of nitrogens with zero attached hydrogens (tertiary/aromatic N) is 3. The number of rotatable bonds is 6. The minimum absolute atomic E-state index is 0.244. The van der Waals surface area contributed by atoms with Crippen LogP contribution in [-0.2, 0) is 35.9 Å². The van der Waals surface area contributed by atoms with E-state index in [9.17, 15) is 4.79 Å². The topological polar surface area (TPSA) is 109 Å². The van der Waals surface area contributed by atoms with E-state index in [0.717, 1.165) is 47.1 Å². The Balaban J connectivity index is 1.92. The van der Waals surface area contributed by atoms with Gasteiger partial charge in [0.2, 0.25) is 5.91 Å². The van der Waals surface area contributed by atoms with Gasteiger partial charge in [-0.25, -0.2) is 4.99 Å². The van der Waals surface area contributed by atoms with Gasteiger partial charge in [0.15, 0.2) is 5.69 Å². The molecule has 0 bridgehead atoms. The first-order valence-electron chi connectivity index (χ1n) is 10.6. The van der Waals surface area contributed by atoms with Crippen molar-refractivity contribution >= 4 is 17.5 Å². The van der Waals surface area contributed by atoms with Crippen molar-refractivity contribution < 1.29 is 9.63 Å². The van der Waals surface area contributed by atoms with Gasteiger partial charge in [-0.1, -0.05) is 20.4 Å². The van der Waals surface area contributed by atoms with E-state index < -0.39 is 0 Å².